The minimum atomic E-state index is -0.392. The SMILES string of the molecule is C=CCN(c1ccccc1CC(N)=O)c1c(Cl)cccc1Cl. The quantitative estimate of drug-likeness (QED) is 0.798. The molecule has 0 aliphatic carbocycles. The normalized spacial score (nSPS) is 10.3. The maximum absolute atomic E-state index is 11.3. The second kappa shape index (κ2) is 7.34. The molecule has 22 heavy (non-hydrogen) atoms. The number of carbonyl (C=O) groups excluding carboxylic acids is 1. The van der Waals surface area contributed by atoms with Crippen LogP contribution in [0.5, 0.6) is 0 Å². The molecule has 0 fully saturated rings. The number of halogens is 2. The number of para-hydroxylation sites is 2. The number of hydrogen-bond donors (Lipinski definition) is 1. The summed E-state index contributed by atoms with van der Waals surface area (Å²) in [7, 11) is 0. The van der Waals surface area contributed by atoms with Crippen molar-refractivity contribution in [1.82, 2.24) is 0 Å². The lowest BCUT2D eigenvalue weighted by Gasteiger charge is -2.27. The van der Waals surface area contributed by atoms with Crippen molar-refractivity contribution >= 4 is 40.5 Å². The van der Waals surface area contributed by atoms with Gasteiger partial charge in [-0.3, -0.25) is 4.79 Å². The summed E-state index contributed by atoms with van der Waals surface area (Å²) in [6.07, 6.45) is 1.90. The minimum absolute atomic E-state index is 0.145. The largest absolute Gasteiger partial charge is 0.369 e. The highest BCUT2D eigenvalue weighted by atomic mass is 35.5. The Bertz CT molecular complexity index is 681. The molecule has 0 saturated heterocycles. The lowest BCUT2D eigenvalue weighted by Crippen LogP contribution is -2.21. The molecular formula is C17H16Cl2N2O. The van der Waals surface area contributed by atoms with Gasteiger partial charge in [-0.1, -0.05) is 53.5 Å². The predicted octanol–water partition coefficient (Wildman–Crippen LogP) is 4.35. The Labute approximate surface area is 139 Å². The van der Waals surface area contributed by atoms with Crippen molar-refractivity contribution < 1.29 is 4.79 Å². The third-order valence-corrected chi connectivity index (χ3v) is 3.78. The number of amides is 1. The summed E-state index contributed by atoms with van der Waals surface area (Å²) in [5.74, 6) is -0.392. The van der Waals surface area contributed by atoms with Crippen LogP contribution >= 0.6 is 23.2 Å². The Morgan fingerprint density at radius 2 is 1.77 bits per heavy atom. The van der Waals surface area contributed by atoms with Crippen LogP contribution in [0.15, 0.2) is 55.1 Å². The third kappa shape index (κ3) is 3.62. The highest BCUT2D eigenvalue weighted by molar-refractivity contribution is 6.39. The summed E-state index contributed by atoms with van der Waals surface area (Å²) in [4.78, 5) is 13.2. The average Bonchev–Trinajstić information content (AvgIpc) is 2.46. The van der Waals surface area contributed by atoms with Gasteiger partial charge in [0, 0.05) is 12.2 Å². The van der Waals surface area contributed by atoms with Gasteiger partial charge < -0.3 is 10.6 Å². The van der Waals surface area contributed by atoms with Gasteiger partial charge in [-0.05, 0) is 23.8 Å². The number of hydrogen-bond acceptors (Lipinski definition) is 2. The van der Waals surface area contributed by atoms with Gasteiger partial charge in [0.1, 0.15) is 0 Å². The van der Waals surface area contributed by atoms with Crippen molar-refractivity contribution in [2.24, 2.45) is 5.73 Å². The molecule has 0 unspecified atom stereocenters. The number of nitrogens with two attached hydrogens (primary N) is 1. The molecule has 0 heterocycles. The van der Waals surface area contributed by atoms with E-state index in [9.17, 15) is 4.79 Å². The molecular weight excluding hydrogens is 319 g/mol. The molecule has 114 valence electrons. The fraction of sp³-hybridized carbons (Fsp3) is 0.118. The third-order valence-electron chi connectivity index (χ3n) is 3.17. The first-order valence-electron chi connectivity index (χ1n) is 6.73. The summed E-state index contributed by atoms with van der Waals surface area (Å²) in [5.41, 5.74) is 7.66. The molecule has 0 aliphatic heterocycles. The van der Waals surface area contributed by atoms with Crippen molar-refractivity contribution in [3.8, 4) is 0 Å². The molecule has 1 amide bonds. The predicted molar refractivity (Wildman–Crippen MR) is 93.0 cm³/mol. The van der Waals surface area contributed by atoms with Crippen LogP contribution in [0.4, 0.5) is 11.4 Å². The number of carbonyl (C=O) groups is 1. The lowest BCUT2D eigenvalue weighted by molar-refractivity contribution is -0.117. The summed E-state index contributed by atoms with van der Waals surface area (Å²) in [6, 6.07) is 12.9. The van der Waals surface area contributed by atoms with Gasteiger partial charge in [-0.2, -0.15) is 0 Å². The van der Waals surface area contributed by atoms with Crippen LogP contribution in [0, 0.1) is 0 Å². The van der Waals surface area contributed by atoms with Gasteiger partial charge in [-0.15, -0.1) is 6.58 Å². The van der Waals surface area contributed by atoms with E-state index in [1.165, 1.54) is 0 Å². The molecule has 0 bridgehead atoms. The van der Waals surface area contributed by atoms with Gasteiger partial charge in [-0.25, -0.2) is 0 Å². The van der Waals surface area contributed by atoms with E-state index in [4.69, 9.17) is 28.9 Å². The number of primary amides is 1. The van der Waals surface area contributed by atoms with Gasteiger partial charge in [0.25, 0.3) is 0 Å². The van der Waals surface area contributed by atoms with Crippen molar-refractivity contribution in [1.29, 1.82) is 0 Å². The first-order chi connectivity index (χ1) is 10.5. The Morgan fingerprint density at radius 1 is 1.14 bits per heavy atom. The van der Waals surface area contributed by atoms with E-state index in [0.29, 0.717) is 22.3 Å². The number of anilines is 2. The molecule has 0 saturated carbocycles. The Hall–Kier alpha value is -1.97. The number of rotatable bonds is 6. The monoisotopic (exact) mass is 334 g/mol. The van der Waals surface area contributed by atoms with E-state index in [0.717, 1.165) is 11.3 Å². The first kappa shape index (κ1) is 16.4. The molecule has 0 aromatic heterocycles. The van der Waals surface area contributed by atoms with E-state index in [1.807, 2.05) is 29.2 Å². The Morgan fingerprint density at radius 3 is 2.36 bits per heavy atom. The van der Waals surface area contributed by atoms with Crippen LogP contribution in [0.2, 0.25) is 10.0 Å². The van der Waals surface area contributed by atoms with Crippen molar-refractivity contribution in [2.45, 2.75) is 6.42 Å². The maximum atomic E-state index is 11.3. The molecule has 2 aromatic rings. The molecule has 2 rings (SSSR count). The van der Waals surface area contributed by atoms with Crippen LogP contribution in [-0.2, 0) is 11.2 Å². The summed E-state index contributed by atoms with van der Waals surface area (Å²) in [5, 5.41) is 1.06. The van der Waals surface area contributed by atoms with Crippen molar-refractivity contribution in [3.05, 3.63) is 70.7 Å². The van der Waals surface area contributed by atoms with Crippen molar-refractivity contribution in [3.63, 3.8) is 0 Å². The zero-order chi connectivity index (χ0) is 16.1. The fourth-order valence-electron chi connectivity index (χ4n) is 2.30. The molecule has 0 radical (unpaired) electrons. The zero-order valence-electron chi connectivity index (χ0n) is 11.9. The summed E-state index contributed by atoms with van der Waals surface area (Å²) < 4.78 is 0. The average molecular weight is 335 g/mol. The van der Waals surface area contributed by atoms with Crippen molar-refractivity contribution in [2.75, 3.05) is 11.4 Å². The van der Waals surface area contributed by atoms with E-state index < -0.39 is 5.91 Å². The van der Waals surface area contributed by atoms with Crippen LogP contribution in [0.1, 0.15) is 5.56 Å². The summed E-state index contributed by atoms with van der Waals surface area (Å²) >= 11 is 12.6. The number of nitrogens with zero attached hydrogens (tertiary/aromatic N) is 1. The molecule has 2 N–H and O–H groups in total. The molecule has 0 atom stereocenters. The molecule has 2 aromatic carbocycles. The van der Waals surface area contributed by atoms with Gasteiger partial charge in [0.05, 0.1) is 22.2 Å². The number of benzene rings is 2. The molecule has 5 heteroatoms. The topological polar surface area (TPSA) is 46.3 Å². The van der Waals surface area contributed by atoms with Crippen LogP contribution in [-0.4, -0.2) is 12.5 Å². The highest BCUT2D eigenvalue weighted by Crippen LogP contribution is 2.39. The second-order valence-corrected chi connectivity index (χ2v) is 5.56. The van der Waals surface area contributed by atoms with Crippen LogP contribution in [0.25, 0.3) is 0 Å². The minimum Gasteiger partial charge on any atom is -0.369 e. The standard InChI is InChI=1S/C17H16Cl2N2O/c1-2-10-21(17-13(18)7-5-8-14(17)19)15-9-4-3-6-12(15)11-16(20)22/h2-9H,1,10-11H2,(H2,20,22). The van der Waals surface area contributed by atoms with E-state index in [-0.39, 0.29) is 6.42 Å². The van der Waals surface area contributed by atoms with E-state index in [2.05, 4.69) is 6.58 Å². The fourth-order valence-corrected chi connectivity index (χ4v) is 2.90. The van der Waals surface area contributed by atoms with E-state index in [1.54, 1.807) is 24.3 Å². The molecule has 0 aliphatic rings. The molecule has 0 spiro atoms. The van der Waals surface area contributed by atoms with Gasteiger partial charge >= 0.3 is 0 Å². The Balaban J connectivity index is 2.58. The van der Waals surface area contributed by atoms with E-state index >= 15 is 0 Å². The van der Waals surface area contributed by atoms with Gasteiger partial charge in [0.15, 0.2) is 0 Å². The second-order valence-electron chi connectivity index (χ2n) is 4.74. The van der Waals surface area contributed by atoms with Crippen LogP contribution < -0.4 is 10.6 Å². The van der Waals surface area contributed by atoms with Gasteiger partial charge in [0.2, 0.25) is 5.91 Å². The molecule has 3 nitrogen and oxygen atoms in total. The zero-order valence-corrected chi connectivity index (χ0v) is 13.4. The van der Waals surface area contributed by atoms with Crippen LogP contribution in [0.3, 0.4) is 0 Å². The lowest BCUT2D eigenvalue weighted by atomic mass is 10.1. The summed E-state index contributed by atoms with van der Waals surface area (Å²) in [6.45, 7) is 4.28. The smallest absolute Gasteiger partial charge is 0.221 e. The highest BCUT2D eigenvalue weighted by Gasteiger charge is 2.18. The maximum Gasteiger partial charge on any atom is 0.221 e. The Kier molecular flexibility index (Phi) is 5.47. The first-order valence-corrected chi connectivity index (χ1v) is 7.49.